The highest BCUT2D eigenvalue weighted by Gasteiger charge is 2.27. The first-order valence-electron chi connectivity index (χ1n) is 10.4. The molecule has 2 aromatic rings. The Morgan fingerprint density at radius 3 is 2.48 bits per heavy atom. The van der Waals surface area contributed by atoms with E-state index in [1.54, 1.807) is 30.5 Å². The Balaban J connectivity index is 1.67. The van der Waals surface area contributed by atoms with Crippen molar-refractivity contribution >= 4 is 17.6 Å². The summed E-state index contributed by atoms with van der Waals surface area (Å²) >= 11 is 0. The fraction of sp³-hybridized carbons (Fsp3) is 0.500. The second-order valence-electron chi connectivity index (χ2n) is 7.74. The molecule has 0 saturated heterocycles. The maximum atomic E-state index is 12.9. The lowest BCUT2D eigenvalue weighted by molar-refractivity contribution is -0.118. The van der Waals surface area contributed by atoms with Crippen molar-refractivity contribution in [2.45, 2.75) is 58.5 Å². The molecule has 1 aliphatic rings. The van der Waals surface area contributed by atoms with Crippen LogP contribution in [0.5, 0.6) is 5.75 Å². The van der Waals surface area contributed by atoms with E-state index >= 15 is 0 Å². The van der Waals surface area contributed by atoms with Crippen molar-refractivity contribution in [2.24, 2.45) is 5.92 Å². The van der Waals surface area contributed by atoms with Crippen LogP contribution < -0.4 is 15.4 Å². The summed E-state index contributed by atoms with van der Waals surface area (Å²) in [5, 5.41) is 10.2. The van der Waals surface area contributed by atoms with Crippen LogP contribution in [-0.4, -0.2) is 34.2 Å². The van der Waals surface area contributed by atoms with Gasteiger partial charge in [-0.25, -0.2) is 4.68 Å². The number of ether oxygens (including phenoxy) is 1. The number of aromatic nitrogens is 2. The summed E-state index contributed by atoms with van der Waals surface area (Å²) in [6.45, 7) is 6.30. The number of nitrogens with one attached hydrogen (secondary N) is 2. The average Bonchev–Trinajstić information content (AvgIpc) is 3.38. The predicted molar refractivity (Wildman–Crippen MR) is 112 cm³/mol. The molecule has 0 bridgehead atoms. The first-order valence-corrected chi connectivity index (χ1v) is 10.4. The van der Waals surface area contributed by atoms with Crippen LogP contribution in [0.25, 0.3) is 0 Å². The van der Waals surface area contributed by atoms with E-state index in [0.29, 0.717) is 29.8 Å². The molecule has 1 saturated carbocycles. The summed E-state index contributed by atoms with van der Waals surface area (Å²) in [4.78, 5) is 25.6. The Hall–Kier alpha value is -2.83. The number of amides is 2. The van der Waals surface area contributed by atoms with Crippen molar-refractivity contribution in [3.63, 3.8) is 0 Å². The average molecular weight is 399 g/mol. The molecule has 0 aliphatic heterocycles. The van der Waals surface area contributed by atoms with Crippen molar-refractivity contribution in [1.82, 2.24) is 15.1 Å². The molecule has 7 nitrogen and oxygen atoms in total. The van der Waals surface area contributed by atoms with E-state index < -0.39 is 6.04 Å². The maximum Gasteiger partial charge on any atom is 0.251 e. The van der Waals surface area contributed by atoms with E-state index in [4.69, 9.17) is 4.74 Å². The van der Waals surface area contributed by atoms with Gasteiger partial charge in [0.2, 0.25) is 5.91 Å². The normalized spacial score (nSPS) is 15.3. The first-order chi connectivity index (χ1) is 14.0. The molecule has 156 valence electrons. The van der Waals surface area contributed by atoms with Gasteiger partial charge in [0.15, 0.2) is 0 Å². The van der Waals surface area contributed by atoms with Crippen molar-refractivity contribution in [3.05, 3.63) is 42.1 Å². The van der Waals surface area contributed by atoms with E-state index in [2.05, 4.69) is 15.7 Å². The third-order valence-electron chi connectivity index (χ3n) is 5.26. The van der Waals surface area contributed by atoms with Gasteiger partial charge in [0.05, 0.1) is 18.8 Å². The van der Waals surface area contributed by atoms with Crippen LogP contribution in [0.15, 0.2) is 36.5 Å². The van der Waals surface area contributed by atoms with E-state index in [-0.39, 0.29) is 17.7 Å². The van der Waals surface area contributed by atoms with Crippen LogP contribution >= 0.6 is 0 Å². The number of hydrogen-bond donors (Lipinski definition) is 2. The highest BCUT2D eigenvalue weighted by atomic mass is 16.5. The lowest BCUT2D eigenvalue weighted by atomic mass is 10.0. The smallest absolute Gasteiger partial charge is 0.251 e. The molecular weight excluding hydrogens is 368 g/mol. The maximum absolute atomic E-state index is 12.9. The molecule has 0 radical (unpaired) electrons. The van der Waals surface area contributed by atoms with E-state index in [1.165, 1.54) is 12.8 Å². The Morgan fingerprint density at radius 2 is 1.86 bits per heavy atom. The molecule has 7 heteroatoms. The van der Waals surface area contributed by atoms with Crippen LogP contribution in [0.3, 0.4) is 0 Å². The molecule has 29 heavy (non-hydrogen) atoms. The molecule has 1 aromatic heterocycles. The Bertz CT molecular complexity index is 823. The summed E-state index contributed by atoms with van der Waals surface area (Å²) in [7, 11) is 0. The Labute approximate surface area is 171 Å². The van der Waals surface area contributed by atoms with Gasteiger partial charge >= 0.3 is 0 Å². The number of rotatable bonds is 8. The number of carbonyl (C=O) groups excluding carboxylic acids is 2. The zero-order valence-corrected chi connectivity index (χ0v) is 17.4. The van der Waals surface area contributed by atoms with Crippen LogP contribution in [0, 0.1) is 5.92 Å². The number of hydrogen-bond acceptors (Lipinski definition) is 4. The standard InChI is InChI=1S/C22H30N4O3/c1-4-29-18-11-9-16(10-12-18)21(27)25-20(15(2)3)22(28)24-19-13-14-23-26(19)17-7-5-6-8-17/h9-15,17,20H,4-8H2,1-3H3,(H,24,28)(H,25,27)/t20-/m0/s1. The number of carbonyl (C=O) groups is 2. The minimum absolute atomic E-state index is 0.0653. The number of nitrogens with zero attached hydrogens (tertiary/aromatic N) is 2. The monoisotopic (exact) mass is 398 g/mol. The summed E-state index contributed by atoms with van der Waals surface area (Å²) < 4.78 is 7.31. The third-order valence-corrected chi connectivity index (χ3v) is 5.26. The highest BCUT2D eigenvalue weighted by molar-refractivity contribution is 6.01. The van der Waals surface area contributed by atoms with Crippen molar-refractivity contribution < 1.29 is 14.3 Å². The summed E-state index contributed by atoms with van der Waals surface area (Å²) in [6, 6.07) is 8.39. The van der Waals surface area contributed by atoms with Crippen molar-refractivity contribution in [3.8, 4) is 5.75 Å². The Kier molecular flexibility index (Phi) is 6.90. The fourth-order valence-electron chi connectivity index (χ4n) is 3.69. The van der Waals surface area contributed by atoms with Gasteiger partial charge in [0, 0.05) is 11.6 Å². The molecule has 2 amide bonds. The van der Waals surface area contributed by atoms with Gasteiger partial charge in [0.1, 0.15) is 17.6 Å². The quantitative estimate of drug-likeness (QED) is 0.708. The minimum Gasteiger partial charge on any atom is -0.494 e. The topological polar surface area (TPSA) is 85.2 Å². The van der Waals surface area contributed by atoms with E-state index in [9.17, 15) is 9.59 Å². The van der Waals surface area contributed by atoms with Crippen LogP contribution in [0.1, 0.15) is 62.9 Å². The first kappa shape index (κ1) is 20.9. The highest BCUT2D eigenvalue weighted by Crippen LogP contribution is 2.31. The molecule has 0 unspecified atom stereocenters. The van der Waals surface area contributed by atoms with E-state index in [0.717, 1.165) is 12.8 Å². The molecule has 1 aliphatic carbocycles. The van der Waals surface area contributed by atoms with Crippen LogP contribution in [0.4, 0.5) is 5.82 Å². The van der Waals surface area contributed by atoms with Gasteiger partial charge < -0.3 is 15.4 Å². The lowest BCUT2D eigenvalue weighted by Gasteiger charge is -2.23. The van der Waals surface area contributed by atoms with Crippen LogP contribution in [-0.2, 0) is 4.79 Å². The van der Waals surface area contributed by atoms with E-state index in [1.807, 2.05) is 31.5 Å². The van der Waals surface area contributed by atoms with Crippen LogP contribution in [0.2, 0.25) is 0 Å². The molecule has 0 spiro atoms. The number of benzene rings is 1. The summed E-state index contributed by atoms with van der Waals surface area (Å²) in [5.74, 6) is 0.806. The van der Waals surface area contributed by atoms with Gasteiger partial charge in [0.25, 0.3) is 5.91 Å². The lowest BCUT2D eigenvalue weighted by Crippen LogP contribution is -2.47. The summed E-state index contributed by atoms with van der Waals surface area (Å²) in [6.07, 6.45) is 6.23. The van der Waals surface area contributed by atoms with Crippen molar-refractivity contribution in [2.75, 3.05) is 11.9 Å². The molecule has 1 aromatic carbocycles. The molecule has 1 atom stereocenters. The van der Waals surface area contributed by atoms with Gasteiger partial charge in [-0.05, 0) is 49.9 Å². The molecule has 1 fully saturated rings. The molecule has 3 rings (SSSR count). The fourth-order valence-corrected chi connectivity index (χ4v) is 3.69. The predicted octanol–water partition coefficient (Wildman–Crippen LogP) is 3.79. The minimum atomic E-state index is -0.652. The SMILES string of the molecule is CCOc1ccc(C(=O)N[C@H](C(=O)Nc2ccnn2C2CCCC2)C(C)C)cc1. The second-order valence-corrected chi connectivity index (χ2v) is 7.74. The molecule has 2 N–H and O–H groups in total. The zero-order valence-electron chi connectivity index (χ0n) is 17.4. The molecule has 1 heterocycles. The largest absolute Gasteiger partial charge is 0.494 e. The zero-order chi connectivity index (χ0) is 20.8. The van der Waals surface area contributed by atoms with Gasteiger partial charge in [-0.3, -0.25) is 9.59 Å². The van der Waals surface area contributed by atoms with Crippen molar-refractivity contribution in [1.29, 1.82) is 0 Å². The summed E-state index contributed by atoms with van der Waals surface area (Å²) in [5.41, 5.74) is 0.489. The third kappa shape index (κ3) is 5.16. The number of anilines is 1. The van der Waals surface area contributed by atoms with Gasteiger partial charge in [-0.2, -0.15) is 5.10 Å². The molecular formula is C22H30N4O3. The van der Waals surface area contributed by atoms with Gasteiger partial charge in [-0.15, -0.1) is 0 Å². The van der Waals surface area contributed by atoms with Gasteiger partial charge in [-0.1, -0.05) is 26.7 Å². The second kappa shape index (κ2) is 9.58. The Morgan fingerprint density at radius 1 is 1.17 bits per heavy atom.